The predicted molar refractivity (Wildman–Crippen MR) is 62.8 cm³/mol. The molecule has 0 saturated heterocycles. The first-order valence-electron chi connectivity index (χ1n) is 4.65. The van der Waals surface area contributed by atoms with E-state index in [1.54, 1.807) is 20.3 Å². The van der Waals surface area contributed by atoms with Crippen LogP contribution in [0.4, 0.5) is 0 Å². The monoisotopic (exact) mass is 224 g/mol. The normalized spacial score (nSPS) is 11.1. The van der Waals surface area contributed by atoms with Crippen LogP contribution in [0.1, 0.15) is 5.56 Å². The molecule has 0 N–H and O–H groups in total. The smallest absolute Gasteiger partial charge is 0.501 e. The van der Waals surface area contributed by atoms with E-state index in [4.69, 9.17) is 13.3 Å². The Morgan fingerprint density at radius 2 is 1.93 bits per heavy atom. The Morgan fingerprint density at radius 3 is 2.47 bits per heavy atom. The van der Waals surface area contributed by atoms with Crippen LogP contribution in [0, 0.1) is 0 Å². The minimum absolute atomic E-state index is 0.741. The largest absolute Gasteiger partial charge is 0.562 e. The topological polar surface area (TPSA) is 27.7 Å². The van der Waals surface area contributed by atoms with Gasteiger partial charge in [0, 0.05) is 20.8 Å². The van der Waals surface area contributed by atoms with E-state index >= 15 is 0 Å². The first-order chi connectivity index (χ1) is 7.13. The summed E-state index contributed by atoms with van der Waals surface area (Å²) in [5.74, 6) is 0.741. The van der Waals surface area contributed by atoms with Gasteiger partial charge in [0.05, 0.1) is 0 Å². The fourth-order valence-electron chi connectivity index (χ4n) is 1.09. The van der Waals surface area contributed by atoms with Crippen molar-refractivity contribution in [2.45, 2.75) is 6.55 Å². The van der Waals surface area contributed by atoms with Crippen molar-refractivity contribution in [3.8, 4) is 5.75 Å². The fraction of sp³-hybridized carbons (Fsp3) is 0.273. The molecule has 1 aromatic rings. The van der Waals surface area contributed by atoms with Gasteiger partial charge in [-0.1, -0.05) is 24.8 Å². The lowest BCUT2D eigenvalue weighted by Crippen LogP contribution is -2.43. The molecular formula is C11H16O3Si. The lowest BCUT2D eigenvalue weighted by atomic mass is 10.2. The zero-order valence-corrected chi connectivity index (χ0v) is 10.3. The van der Waals surface area contributed by atoms with Crippen molar-refractivity contribution in [2.24, 2.45) is 0 Å². The average Bonchev–Trinajstić information content (AvgIpc) is 2.29. The summed E-state index contributed by atoms with van der Waals surface area (Å²) in [5.41, 5.74) is 1.01. The molecular weight excluding hydrogens is 208 g/mol. The summed E-state index contributed by atoms with van der Waals surface area (Å²) in [7, 11) is 0.673. The fourth-order valence-corrected chi connectivity index (χ4v) is 1.97. The van der Waals surface area contributed by atoms with Gasteiger partial charge in [0.15, 0.2) is 0 Å². The van der Waals surface area contributed by atoms with Gasteiger partial charge in [0.1, 0.15) is 5.75 Å². The highest BCUT2D eigenvalue weighted by Crippen LogP contribution is 2.18. The molecule has 0 bridgehead atoms. The van der Waals surface area contributed by atoms with E-state index in [0.717, 1.165) is 11.3 Å². The Balaban J connectivity index is 2.83. The van der Waals surface area contributed by atoms with Gasteiger partial charge >= 0.3 is 8.80 Å². The summed E-state index contributed by atoms with van der Waals surface area (Å²) >= 11 is 0. The molecule has 15 heavy (non-hydrogen) atoms. The molecule has 0 aromatic heterocycles. The molecule has 0 atom stereocenters. The molecule has 0 unspecified atom stereocenters. The Morgan fingerprint density at radius 1 is 1.27 bits per heavy atom. The van der Waals surface area contributed by atoms with Crippen molar-refractivity contribution in [1.29, 1.82) is 0 Å². The van der Waals surface area contributed by atoms with Crippen molar-refractivity contribution in [1.82, 2.24) is 0 Å². The van der Waals surface area contributed by atoms with Gasteiger partial charge in [-0.15, -0.1) is 0 Å². The maximum atomic E-state index is 5.69. The molecule has 3 nitrogen and oxygen atoms in total. The lowest BCUT2D eigenvalue weighted by molar-refractivity contribution is 0.169. The molecule has 1 rings (SSSR count). The molecule has 1 aromatic carbocycles. The van der Waals surface area contributed by atoms with Crippen molar-refractivity contribution in [3.63, 3.8) is 0 Å². The van der Waals surface area contributed by atoms with E-state index in [9.17, 15) is 0 Å². The van der Waals surface area contributed by atoms with E-state index in [1.807, 2.05) is 30.8 Å². The van der Waals surface area contributed by atoms with Gasteiger partial charge in [0.2, 0.25) is 0 Å². The third kappa shape index (κ3) is 3.19. The van der Waals surface area contributed by atoms with Crippen molar-refractivity contribution in [2.75, 3.05) is 14.2 Å². The van der Waals surface area contributed by atoms with Crippen LogP contribution in [0.15, 0.2) is 30.8 Å². The molecule has 0 amide bonds. The molecule has 0 spiro atoms. The Bertz CT molecular complexity index is 334. The molecule has 4 heteroatoms. The number of benzene rings is 1. The SMILES string of the molecule is C=Cc1cccc(O[Si](C)(OC)OC)c1. The molecule has 82 valence electrons. The van der Waals surface area contributed by atoms with Gasteiger partial charge < -0.3 is 13.3 Å². The summed E-state index contributed by atoms with van der Waals surface area (Å²) < 4.78 is 16.2. The van der Waals surface area contributed by atoms with Crippen LogP contribution in [0.3, 0.4) is 0 Å². The van der Waals surface area contributed by atoms with E-state index in [0.29, 0.717) is 0 Å². The van der Waals surface area contributed by atoms with Gasteiger partial charge in [-0.3, -0.25) is 0 Å². The van der Waals surface area contributed by atoms with Crippen LogP contribution < -0.4 is 4.43 Å². The molecule has 0 aliphatic carbocycles. The quantitative estimate of drug-likeness (QED) is 0.719. The van der Waals surface area contributed by atoms with Gasteiger partial charge in [-0.2, -0.15) is 0 Å². The van der Waals surface area contributed by atoms with Gasteiger partial charge in [-0.05, 0) is 17.7 Å². The first-order valence-corrected chi connectivity index (χ1v) is 6.88. The molecule has 0 aliphatic rings. The minimum atomic E-state index is -2.51. The Labute approximate surface area is 91.7 Å². The van der Waals surface area contributed by atoms with Crippen LogP contribution >= 0.6 is 0 Å². The molecule has 0 radical (unpaired) electrons. The van der Waals surface area contributed by atoms with Crippen molar-refractivity contribution >= 4 is 14.9 Å². The molecule has 0 fully saturated rings. The van der Waals surface area contributed by atoms with Gasteiger partial charge in [-0.25, -0.2) is 0 Å². The van der Waals surface area contributed by atoms with Crippen LogP contribution in [-0.4, -0.2) is 23.0 Å². The minimum Gasteiger partial charge on any atom is -0.501 e. The number of hydrogen-bond donors (Lipinski definition) is 0. The first kappa shape index (κ1) is 12.0. The summed E-state index contributed by atoms with van der Waals surface area (Å²) in [4.78, 5) is 0. The summed E-state index contributed by atoms with van der Waals surface area (Å²) in [5, 5.41) is 0. The zero-order chi connectivity index (χ0) is 11.3. The van der Waals surface area contributed by atoms with E-state index < -0.39 is 8.80 Å². The number of hydrogen-bond acceptors (Lipinski definition) is 3. The molecule has 0 aliphatic heterocycles. The second-order valence-corrected chi connectivity index (χ2v) is 5.89. The van der Waals surface area contributed by atoms with Crippen LogP contribution in [-0.2, 0) is 8.85 Å². The second kappa shape index (κ2) is 5.11. The maximum Gasteiger partial charge on any atom is 0.562 e. The lowest BCUT2D eigenvalue weighted by Gasteiger charge is -2.22. The van der Waals surface area contributed by atoms with Crippen molar-refractivity contribution < 1.29 is 13.3 Å². The van der Waals surface area contributed by atoms with Crippen LogP contribution in [0.2, 0.25) is 6.55 Å². The third-order valence-corrected chi connectivity index (χ3v) is 4.23. The predicted octanol–water partition coefficient (Wildman–Crippen LogP) is 2.57. The third-order valence-electron chi connectivity index (χ3n) is 2.14. The van der Waals surface area contributed by atoms with Crippen LogP contribution in [0.5, 0.6) is 5.75 Å². The zero-order valence-electron chi connectivity index (χ0n) is 9.32. The molecule has 0 saturated carbocycles. The highest BCUT2D eigenvalue weighted by molar-refractivity contribution is 6.59. The maximum absolute atomic E-state index is 5.69. The van der Waals surface area contributed by atoms with E-state index in [1.165, 1.54) is 0 Å². The van der Waals surface area contributed by atoms with E-state index in [-0.39, 0.29) is 0 Å². The highest BCUT2D eigenvalue weighted by atomic mass is 28.4. The second-order valence-electron chi connectivity index (χ2n) is 3.15. The van der Waals surface area contributed by atoms with Crippen molar-refractivity contribution in [3.05, 3.63) is 36.4 Å². The van der Waals surface area contributed by atoms with E-state index in [2.05, 4.69) is 6.58 Å². The van der Waals surface area contributed by atoms with Gasteiger partial charge in [0.25, 0.3) is 0 Å². The standard InChI is InChI=1S/C11H16O3Si/c1-5-10-7-6-8-11(9-10)14-15(4,12-2)13-3/h5-9H,1H2,2-4H3. The highest BCUT2D eigenvalue weighted by Gasteiger charge is 2.34. The summed E-state index contributed by atoms with van der Waals surface area (Å²) in [6.45, 7) is 5.54. The average molecular weight is 224 g/mol. The Kier molecular flexibility index (Phi) is 4.08. The van der Waals surface area contributed by atoms with Crippen LogP contribution in [0.25, 0.3) is 6.08 Å². The molecule has 0 heterocycles. The summed E-state index contributed by atoms with van der Waals surface area (Å²) in [6.07, 6.45) is 1.77. The number of rotatable bonds is 5. The Hall–Kier alpha value is -1.10. The summed E-state index contributed by atoms with van der Waals surface area (Å²) in [6, 6.07) is 7.64.